The van der Waals surface area contributed by atoms with Crippen LogP contribution in [0.3, 0.4) is 0 Å². The Morgan fingerprint density at radius 1 is 1.59 bits per heavy atom. The van der Waals surface area contributed by atoms with Crippen molar-refractivity contribution in [2.24, 2.45) is 5.73 Å². The average Bonchev–Trinajstić information content (AvgIpc) is 2.60. The van der Waals surface area contributed by atoms with Gasteiger partial charge >= 0.3 is 0 Å². The van der Waals surface area contributed by atoms with Gasteiger partial charge in [-0.3, -0.25) is 4.79 Å². The van der Waals surface area contributed by atoms with E-state index in [2.05, 4.69) is 0 Å². The minimum atomic E-state index is -0.868. The Balaban J connectivity index is 2.31. The van der Waals surface area contributed by atoms with Gasteiger partial charge in [0.05, 0.1) is 11.7 Å². The molecular formula is C12H15FN2O2. The molecule has 1 fully saturated rings. The van der Waals surface area contributed by atoms with E-state index in [1.807, 2.05) is 0 Å². The van der Waals surface area contributed by atoms with E-state index in [1.54, 1.807) is 6.07 Å². The molecule has 1 aliphatic rings. The van der Waals surface area contributed by atoms with Crippen LogP contribution >= 0.6 is 0 Å². The largest absolute Gasteiger partial charge is 0.372 e. The van der Waals surface area contributed by atoms with E-state index in [0.29, 0.717) is 18.5 Å². The minimum absolute atomic E-state index is 0.186. The number of carbonyl (C=O) groups is 1. The van der Waals surface area contributed by atoms with Gasteiger partial charge in [-0.15, -0.1) is 0 Å². The number of carbonyl (C=O) groups excluding carboxylic acids is 1. The molecule has 1 heterocycles. The highest BCUT2D eigenvalue weighted by atomic mass is 19.1. The van der Waals surface area contributed by atoms with Gasteiger partial charge in [-0.1, -0.05) is 0 Å². The second-order valence-corrected chi connectivity index (χ2v) is 4.28. The van der Waals surface area contributed by atoms with E-state index in [4.69, 9.17) is 5.73 Å². The highest BCUT2D eigenvalue weighted by Crippen LogP contribution is 2.27. The van der Waals surface area contributed by atoms with Crippen molar-refractivity contribution in [3.63, 3.8) is 0 Å². The second-order valence-electron chi connectivity index (χ2n) is 4.28. The van der Waals surface area contributed by atoms with Crippen LogP contribution in [-0.2, 0) is 0 Å². The van der Waals surface area contributed by atoms with Crippen LogP contribution in [0.2, 0.25) is 0 Å². The van der Waals surface area contributed by atoms with Gasteiger partial charge in [0.15, 0.2) is 5.78 Å². The molecule has 0 bridgehead atoms. The molecule has 0 aliphatic carbocycles. The third-order valence-corrected chi connectivity index (χ3v) is 3.07. The number of halogens is 1. The summed E-state index contributed by atoms with van der Waals surface area (Å²) < 4.78 is 13.8. The first-order valence-electron chi connectivity index (χ1n) is 5.51. The number of nitrogens with two attached hydrogens (primary N) is 1. The van der Waals surface area contributed by atoms with E-state index in [9.17, 15) is 14.3 Å². The fourth-order valence-electron chi connectivity index (χ4n) is 2.02. The van der Waals surface area contributed by atoms with E-state index in [1.165, 1.54) is 24.0 Å². The maximum atomic E-state index is 13.8. The lowest BCUT2D eigenvalue weighted by atomic mass is 10.1. The molecule has 2 atom stereocenters. The maximum Gasteiger partial charge on any atom is 0.159 e. The van der Waals surface area contributed by atoms with Gasteiger partial charge in [-0.05, 0) is 31.5 Å². The summed E-state index contributed by atoms with van der Waals surface area (Å²) in [6.45, 7) is 1.90. The summed E-state index contributed by atoms with van der Waals surface area (Å²) in [5.74, 6) is -0.694. The van der Waals surface area contributed by atoms with Gasteiger partial charge in [0.1, 0.15) is 12.0 Å². The van der Waals surface area contributed by atoms with Gasteiger partial charge < -0.3 is 15.7 Å². The monoisotopic (exact) mass is 238 g/mol. The highest BCUT2D eigenvalue weighted by molar-refractivity contribution is 5.94. The fraction of sp³-hybridized carbons (Fsp3) is 0.417. The van der Waals surface area contributed by atoms with Crippen LogP contribution in [0.4, 0.5) is 10.1 Å². The molecule has 0 aromatic heterocycles. The first-order chi connectivity index (χ1) is 8.00. The number of Topliss-reactive ketones (excluding diaryl/α,β-unsaturated/α-hetero) is 1. The number of hydrogen-bond acceptors (Lipinski definition) is 4. The standard InChI is InChI=1S/C12H15FN2O2/c1-7(16)8-2-3-11(9(13)6-8)15-5-4-10(14)12(15)17/h2-3,6,10,12,17H,4-5,14H2,1H3/t10-,12?/m0/s1. The van der Waals surface area contributed by atoms with Crippen LogP contribution in [0.25, 0.3) is 0 Å². The topological polar surface area (TPSA) is 66.6 Å². The van der Waals surface area contributed by atoms with Crippen LogP contribution in [0.5, 0.6) is 0 Å². The first kappa shape index (κ1) is 12.0. The Hall–Kier alpha value is -1.46. The number of anilines is 1. The van der Waals surface area contributed by atoms with E-state index >= 15 is 0 Å². The van der Waals surface area contributed by atoms with Gasteiger partial charge in [-0.25, -0.2) is 4.39 Å². The van der Waals surface area contributed by atoms with Crippen molar-refractivity contribution in [3.05, 3.63) is 29.6 Å². The Kier molecular flexibility index (Phi) is 3.13. The van der Waals surface area contributed by atoms with Gasteiger partial charge in [-0.2, -0.15) is 0 Å². The summed E-state index contributed by atoms with van der Waals surface area (Å²) in [6.07, 6.45) is -0.248. The summed E-state index contributed by atoms with van der Waals surface area (Å²) in [5.41, 5.74) is 6.28. The van der Waals surface area contributed by atoms with Gasteiger partial charge in [0, 0.05) is 12.1 Å². The summed E-state index contributed by atoms with van der Waals surface area (Å²) in [5, 5.41) is 9.78. The number of rotatable bonds is 2. The van der Waals surface area contributed by atoms with Crippen molar-refractivity contribution in [2.45, 2.75) is 25.6 Å². The zero-order valence-corrected chi connectivity index (χ0v) is 9.56. The van der Waals surface area contributed by atoms with Crippen LogP contribution in [0.15, 0.2) is 18.2 Å². The van der Waals surface area contributed by atoms with Crippen molar-refractivity contribution in [1.82, 2.24) is 0 Å². The van der Waals surface area contributed by atoms with Crippen molar-refractivity contribution in [1.29, 1.82) is 0 Å². The molecule has 0 spiro atoms. The number of ketones is 1. The molecule has 0 radical (unpaired) electrons. The van der Waals surface area contributed by atoms with Crippen molar-refractivity contribution in [3.8, 4) is 0 Å². The molecular weight excluding hydrogens is 223 g/mol. The van der Waals surface area contributed by atoms with Gasteiger partial charge in [0.2, 0.25) is 0 Å². The molecule has 1 unspecified atom stereocenters. The molecule has 4 nitrogen and oxygen atoms in total. The molecule has 3 N–H and O–H groups in total. The van der Waals surface area contributed by atoms with Crippen molar-refractivity contribution in [2.75, 3.05) is 11.4 Å². The normalized spacial score (nSPS) is 24.1. The Bertz CT molecular complexity index is 450. The van der Waals surface area contributed by atoms with Crippen LogP contribution < -0.4 is 10.6 Å². The van der Waals surface area contributed by atoms with Gasteiger partial charge in [0.25, 0.3) is 0 Å². The first-order valence-corrected chi connectivity index (χ1v) is 5.51. The predicted octanol–water partition coefficient (Wildman–Crippen LogP) is 0.884. The van der Waals surface area contributed by atoms with E-state index < -0.39 is 12.0 Å². The SMILES string of the molecule is CC(=O)c1ccc(N2CC[C@H](N)C2O)c(F)c1. The average molecular weight is 238 g/mol. The smallest absolute Gasteiger partial charge is 0.159 e. The molecule has 1 aromatic rings. The summed E-state index contributed by atoms with van der Waals surface area (Å²) >= 11 is 0. The zero-order chi connectivity index (χ0) is 12.6. The molecule has 1 saturated heterocycles. The number of nitrogens with zero attached hydrogens (tertiary/aromatic N) is 1. The van der Waals surface area contributed by atoms with E-state index in [0.717, 1.165) is 0 Å². The maximum absolute atomic E-state index is 13.8. The Morgan fingerprint density at radius 2 is 2.29 bits per heavy atom. The summed E-state index contributed by atoms with van der Waals surface area (Å²) in [7, 11) is 0. The lowest BCUT2D eigenvalue weighted by Crippen LogP contribution is -2.39. The molecule has 0 amide bonds. The third kappa shape index (κ3) is 2.16. The molecule has 1 aliphatic heterocycles. The molecule has 17 heavy (non-hydrogen) atoms. The van der Waals surface area contributed by atoms with Crippen LogP contribution in [0.1, 0.15) is 23.7 Å². The lowest BCUT2D eigenvalue weighted by molar-refractivity contribution is 0.101. The van der Waals surface area contributed by atoms with E-state index in [-0.39, 0.29) is 17.5 Å². The zero-order valence-electron chi connectivity index (χ0n) is 9.56. The van der Waals surface area contributed by atoms with Crippen molar-refractivity contribution >= 4 is 11.5 Å². The molecule has 2 rings (SSSR count). The Labute approximate surface area is 98.8 Å². The fourth-order valence-corrected chi connectivity index (χ4v) is 2.02. The summed E-state index contributed by atoms with van der Waals surface area (Å²) in [4.78, 5) is 12.6. The molecule has 1 aromatic carbocycles. The third-order valence-electron chi connectivity index (χ3n) is 3.07. The number of aliphatic hydroxyl groups excluding tert-OH is 1. The lowest BCUT2D eigenvalue weighted by Gasteiger charge is -2.24. The minimum Gasteiger partial charge on any atom is -0.372 e. The second kappa shape index (κ2) is 4.43. The molecule has 5 heteroatoms. The van der Waals surface area contributed by atoms with Crippen molar-refractivity contribution < 1.29 is 14.3 Å². The number of benzene rings is 1. The predicted molar refractivity (Wildman–Crippen MR) is 62.3 cm³/mol. The van der Waals surface area contributed by atoms with Crippen LogP contribution in [0, 0.1) is 5.82 Å². The molecule has 0 saturated carbocycles. The highest BCUT2D eigenvalue weighted by Gasteiger charge is 2.31. The summed E-state index contributed by atoms with van der Waals surface area (Å²) in [6, 6.07) is 3.89. The number of aliphatic hydroxyl groups is 1. The Morgan fingerprint density at radius 3 is 2.76 bits per heavy atom. The quantitative estimate of drug-likeness (QED) is 0.751. The van der Waals surface area contributed by atoms with Crippen LogP contribution in [-0.4, -0.2) is 29.7 Å². The molecule has 92 valence electrons. The number of hydrogen-bond donors (Lipinski definition) is 2.